The molecule has 0 spiro atoms. The van der Waals surface area contributed by atoms with Gasteiger partial charge >= 0.3 is 35.8 Å². The van der Waals surface area contributed by atoms with Crippen molar-refractivity contribution in [2.45, 2.75) is 35.8 Å². The summed E-state index contributed by atoms with van der Waals surface area (Å²) in [4.78, 5) is 0. The fourth-order valence-corrected chi connectivity index (χ4v) is 2.21. The second kappa shape index (κ2) is 6.46. The molecule has 1 aromatic rings. The van der Waals surface area contributed by atoms with Crippen molar-refractivity contribution in [3.63, 3.8) is 0 Å². The van der Waals surface area contributed by atoms with Crippen LogP contribution in [0.3, 0.4) is 0 Å². The quantitative estimate of drug-likeness (QED) is 0.404. The Balaban J connectivity index is 3.63. The number of hydrogen-bond acceptors (Lipinski definition) is 0. The van der Waals surface area contributed by atoms with Crippen molar-refractivity contribution in [2.75, 3.05) is 0 Å². The van der Waals surface area contributed by atoms with E-state index in [1.54, 1.807) is 0 Å². The Hall–Kier alpha value is -1.11. The van der Waals surface area contributed by atoms with Crippen molar-refractivity contribution in [2.24, 2.45) is 0 Å². The zero-order valence-corrected chi connectivity index (χ0v) is 13.4. The Labute approximate surface area is 150 Å². The molecule has 0 nitrogen and oxygen atoms in total. The van der Waals surface area contributed by atoms with Gasteiger partial charge in [0.1, 0.15) is 0 Å². The van der Waals surface area contributed by atoms with Gasteiger partial charge in [0.15, 0.2) is 0 Å². The highest BCUT2D eigenvalue weighted by Gasteiger charge is 2.90. The lowest BCUT2D eigenvalue weighted by Crippen LogP contribution is -2.69. The average Bonchev–Trinajstić information content (AvgIpc) is 2.44. The molecule has 0 aliphatic heterocycles. The second-order valence-corrected chi connectivity index (χ2v) is 5.90. The van der Waals surface area contributed by atoms with Gasteiger partial charge in [-0.05, 0) is 18.2 Å². The molecule has 0 heterocycles. The van der Waals surface area contributed by atoms with Gasteiger partial charge in [0.25, 0.3) is 0 Å². The number of halogens is 15. The third-order valence-electron chi connectivity index (χ3n) is 3.16. The van der Waals surface area contributed by atoms with Gasteiger partial charge in [-0.25, -0.2) is 0 Å². The van der Waals surface area contributed by atoms with Crippen LogP contribution in [0.1, 0.15) is 5.56 Å². The van der Waals surface area contributed by atoms with Gasteiger partial charge in [-0.3, -0.25) is 0 Å². The van der Waals surface area contributed by atoms with Crippen molar-refractivity contribution in [1.29, 1.82) is 0 Å². The molecule has 0 saturated heterocycles. The highest BCUT2D eigenvalue weighted by molar-refractivity contribution is 6.34. The van der Waals surface area contributed by atoms with E-state index in [0.29, 0.717) is 6.07 Å². The Bertz CT molecular complexity index is 687. The summed E-state index contributed by atoms with van der Waals surface area (Å²) >= 11 is 10.4. The second-order valence-electron chi connectivity index (χ2n) is 5.03. The summed E-state index contributed by atoms with van der Waals surface area (Å²) in [5.74, 6) is -37.4. The van der Waals surface area contributed by atoms with E-state index >= 15 is 0 Å². The summed E-state index contributed by atoms with van der Waals surface area (Å²) in [5, 5.41) is -1.74. The molecule has 27 heavy (non-hydrogen) atoms. The van der Waals surface area contributed by atoms with Crippen LogP contribution in [0.15, 0.2) is 18.2 Å². The molecule has 0 aromatic heterocycles. The maximum absolute atomic E-state index is 13.8. The van der Waals surface area contributed by atoms with Gasteiger partial charge in [-0.2, -0.15) is 57.1 Å². The summed E-state index contributed by atoms with van der Waals surface area (Å²) in [6, 6.07) is 0.348. The molecule has 0 saturated carbocycles. The molecule has 0 fully saturated rings. The van der Waals surface area contributed by atoms with Crippen molar-refractivity contribution in [3.05, 3.63) is 33.8 Å². The first-order valence-corrected chi connectivity index (χ1v) is 6.82. The normalized spacial score (nSPS) is 15.2. The van der Waals surface area contributed by atoms with Crippen LogP contribution in [-0.2, 0) is 5.92 Å². The summed E-state index contributed by atoms with van der Waals surface area (Å²) < 4.78 is 169. The van der Waals surface area contributed by atoms with Crippen LogP contribution < -0.4 is 0 Å². The van der Waals surface area contributed by atoms with E-state index in [4.69, 9.17) is 23.2 Å². The summed E-state index contributed by atoms with van der Waals surface area (Å²) in [5.41, 5.74) is -2.23. The Morgan fingerprint density at radius 2 is 0.815 bits per heavy atom. The molecule has 0 amide bonds. The smallest absolute Gasteiger partial charge is 0.194 e. The number of rotatable bonds is 5. The van der Waals surface area contributed by atoms with E-state index in [-0.39, 0.29) is 12.1 Å². The third-order valence-corrected chi connectivity index (χ3v) is 3.59. The lowest BCUT2D eigenvalue weighted by molar-refractivity contribution is -0.441. The molecule has 0 unspecified atom stereocenters. The first-order chi connectivity index (χ1) is 11.6. The topological polar surface area (TPSA) is 0 Å². The van der Waals surface area contributed by atoms with Gasteiger partial charge in [-0.1, -0.05) is 23.2 Å². The molecule has 156 valence electrons. The van der Waals surface area contributed by atoms with Crippen molar-refractivity contribution in [1.82, 2.24) is 0 Å². The molecular formula is C12H3Cl2F13. The van der Waals surface area contributed by atoms with Crippen LogP contribution in [0.2, 0.25) is 10.0 Å². The molecule has 0 radical (unpaired) electrons. The molecule has 0 atom stereocenters. The fourth-order valence-electron chi connectivity index (χ4n) is 1.69. The van der Waals surface area contributed by atoms with Gasteiger partial charge < -0.3 is 0 Å². The van der Waals surface area contributed by atoms with Crippen LogP contribution in [-0.4, -0.2) is 29.9 Å². The molecule has 0 bridgehead atoms. The molecule has 0 aliphatic rings. The van der Waals surface area contributed by atoms with Gasteiger partial charge in [0, 0.05) is 15.6 Å². The standard InChI is InChI=1S/C12H3Cl2F13/c13-5-1-4(2-6(14)3-5)7(15,16)8(17,18)9(19,20)10(21,22)11(23,24)12(25,26)27/h1-3H. The molecule has 0 N–H and O–H groups in total. The van der Waals surface area contributed by atoms with E-state index in [2.05, 4.69) is 0 Å². The highest BCUT2D eigenvalue weighted by atomic mass is 35.5. The maximum Gasteiger partial charge on any atom is 0.460 e. The highest BCUT2D eigenvalue weighted by Crippen LogP contribution is 2.62. The molecule has 0 aliphatic carbocycles. The van der Waals surface area contributed by atoms with Crippen molar-refractivity contribution >= 4 is 23.2 Å². The minimum absolute atomic E-state index is 0.141. The summed E-state index contributed by atoms with van der Waals surface area (Å²) in [7, 11) is 0. The monoisotopic (exact) mass is 464 g/mol. The Morgan fingerprint density at radius 3 is 1.15 bits per heavy atom. The molecule has 15 heteroatoms. The van der Waals surface area contributed by atoms with E-state index < -0.39 is 51.4 Å². The Morgan fingerprint density at radius 1 is 0.481 bits per heavy atom. The zero-order chi connectivity index (χ0) is 21.9. The maximum atomic E-state index is 13.8. The Kier molecular flexibility index (Phi) is 5.73. The van der Waals surface area contributed by atoms with E-state index in [1.807, 2.05) is 0 Å². The molecular weight excluding hydrogens is 462 g/mol. The summed E-state index contributed by atoms with van der Waals surface area (Å²) in [6.45, 7) is 0. The number of hydrogen-bond donors (Lipinski definition) is 0. The largest absolute Gasteiger partial charge is 0.460 e. The predicted molar refractivity (Wildman–Crippen MR) is 66.2 cm³/mol. The first kappa shape index (κ1) is 23.9. The van der Waals surface area contributed by atoms with E-state index in [1.165, 1.54) is 0 Å². The van der Waals surface area contributed by atoms with Gasteiger partial charge in [0.05, 0.1) is 0 Å². The SMILES string of the molecule is FC(F)(F)C(F)(F)C(F)(F)C(F)(F)C(F)(F)C(F)(F)c1cc(Cl)cc(Cl)c1. The number of benzene rings is 1. The van der Waals surface area contributed by atoms with Crippen LogP contribution in [0.25, 0.3) is 0 Å². The van der Waals surface area contributed by atoms with Gasteiger partial charge in [0.2, 0.25) is 0 Å². The minimum atomic E-state index is -7.95. The van der Waals surface area contributed by atoms with Crippen LogP contribution >= 0.6 is 23.2 Å². The predicted octanol–water partition coefficient (Wildman–Crippen LogP) is 7.19. The van der Waals surface area contributed by atoms with Crippen LogP contribution in [0.4, 0.5) is 57.1 Å². The molecule has 1 rings (SSSR count). The van der Waals surface area contributed by atoms with Gasteiger partial charge in [-0.15, -0.1) is 0 Å². The van der Waals surface area contributed by atoms with Crippen LogP contribution in [0.5, 0.6) is 0 Å². The first-order valence-electron chi connectivity index (χ1n) is 6.07. The lowest BCUT2D eigenvalue weighted by atomic mass is 9.90. The summed E-state index contributed by atoms with van der Waals surface area (Å²) in [6.07, 6.45) is -7.45. The fraction of sp³-hybridized carbons (Fsp3) is 0.500. The lowest BCUT2D eigenvalue weighted by Gasteiger charge is -2.39. The third kappa shape index (κ3) is 3.40. The van der Waals surface area contributed by atoms with Crippen molar-refractivity contribution in [3.8, 4) is 0 Å². The molecule has 1 aromatic carbocycles. The van der Waals surface area contributed by atoms with E-state index in [9.17, 15) is 57.1 Å². The van der Waals surface area contributed by atoms with Crippen molar-refractivity contribution < 1.29 is 57.1 Å². The van der Waals surface area contributed by atoms with E-state index in [0.717, 1.165) is 0 Å². The number of alkyl halides is 13. The zero-order valence-electron chi connectivity index (χ0n) is 11.9. The minimum Gasteiger partial charge on any atom is -0.194 e. The average molecular weight is 465 g/mol. The van der Waals surface area contributed by atoms with Crippen LogP contribution in [0, 0.1) is 0 Å².